The maximum Gasteiger partial charge on any atom is 0.162 e. The van der Waals surface area contributed by atoms with Crippen LogP contribution in [0.5, 0.6) is 23.0 Å². The zero-order valence-corrected chi connectivity index (χ0v) is 18.6. The van der Waals surface area contributed by atoms with E-state index >= 15 is 0 Å². The number of nitrogens with zero attached hydrogens (tertiary/aromatic N) is 2. The molecule has 30 heavy (non-hydrogen) atoms. The van der Waals surface area contributed by atoms with Crippen molar-refractivity contribution < 1.29 is 18.9 Å². The van der Waals surface area contributed by atoms with Gasteiger partial charge in [-0.25, -0.2) is 9.97 Å². The Morgan fingerprint density at radius 3 is 1.97 bits per heavy atom. The van der Waals surface area contributed by atoms with Gasteiger partial charge in [-0.15, -0.1) is 0 Å². The average Bonchev–Trinajstić information content (AvgIpc) is 2.74. The van der Waals surface area contributed by atoms with Crippen LogP contribution in [0.25, 0.3) is 22.2 Å². The number of benzene rings is 2. The Hall–Kier alpha value is -3.06. The van der Waals surface area contributed by atoms with Crippen molar-refractivity contribution in [3.8, 4) is 34.3 Å². The van der Waals surface area contributed by atoms with Crippen LogP contribution in [0.15, 0.2) is 30.3 Å². The maximum atomic E-state index is 5.50. The van der Waals surface area contributed by atoms with Gasteiger partial charge >= 0.3 is 0 Å². The highest BCUT2D eigenvalue weighted by molar-refractivity contribution is 5.94. The van der Waals surface area contributed by atoms with Crippen LogP contribution in [0, 0.1) is 0 Å². The summed E-state index contributed by atoms with van der Waals surface area (Å²) < 4.78 is 21.8. The van der Waals surface area contributed by atoms with Crippen molar-refractivity contribution in [1.29, 1.82) is 0 Å². The van der Waals surface area contributed by atoms with Gasteiger partial charge in [-0.1, -0.05) is 0 Å². The number of ether oxygens (including phenoxy) is 4. The Morgan fingerprint density at radius 2 is 1.37 bits per heavy atom. The third kappa shape index (κ3) is 4.57. The van der Waals surface area contributed by atoms with Crippen LogP contribution in [0.4, 0.5) is 0 Å². The van der Waals surface area contributed by atoms with Crippen molar-refractivity contribution >= 4 is 10.9 Å². The van der Waals surface area contributed by atoms with E-state index in [0.717, 1.165) is 22.2 Å². The standard InChI is InChI=1S/C23H29N3O4/c1-23(2,3)24-13-21-25-16-12-20(30-7)19(29-6)11-15(16)22(26-21)14-8-9-17(27-4)18(10-14)28-5/h8-12,24H,13H2,1-7H3. The third-order valence-electron chi connectivity index (χ3n) is 4.68. The lowest BCUT2D eigenvalue weighted by Gasteiger charge is -2.20. The summed E-state index contributed by atoms with van der Waals surface area (Å²) in [5.74, 6) is 3.23. The van der Waals surface area contributed by atoms with Crippen molar-refractivity contribution in [3.63, 3.8) is 0 Å². The first-order chi connectivity index (χ1) is 14.3. The molecular formula is C23H29N3O4. The molecule has 0 spiro atoms. The number of rotatable bonds is 7. The summed E-state index contributed by atoms with van der Waals surface area (Å²) in [5, 5.41) is 4.31. The fourth-order valence-corrected chi connectivity index (χ4v) is 3.13. The van der Waals surface area contributed by atoms with E-state index in [-0.39, 0.29) is 5.54 Å². The maximum absolute atomic E-state index is 5.50. The van der Waals surface area contributed by atoms with Crippen molar-refractivity contribution in [2.45, 2.75) is 32.9 Å². The molecule has 0 bridgehead atoms. The number of aromatic nitrogens is 2. The smallest absolute Gasteiger partial charge is 0.162 e. The van der Waals surface area contributed by atoms with E-state index in [2.05, 4.69) is 26.1 Å². The summed E-state index contributed by atoms with van der Waals surface area (Å²) in [6, 6.07) is 9.52. The second kappa shape index (κ2) is 8.75. The fourth-order valence-electron chi connectivity index (χ4n) is 3.13. The summed E-state index contributed by atoms with van der Waals surface area (Å²) in [6.07, 6.45) is 0. The fraction of sp³-hybridized carbons (Fsp3) is 0.391. The van der Waals surface area contributed by atoms with Crippen LogP contribution < -0.4 is 24.3 Å². The molecule has 0 saturated carbocycles. The molecule has 0 amide bonds. The predicted octanol–water partition coefficient (Wildman–Crippen LogP) is 4.22. The predicted molar refractivity (Wildman–Crippen MR) is 118 cm³/mol. The molecule has 1 aromatic heterocycles. The van der Waals surface area contributed by atoms with Crippen LogP contribution in [0.3, 0.4) is 0 Å². The number of fused-ring (bicyclic) bond motifs is 1. The van der Waals surface area contributed by atoms with E-state index in [9.17, 15) is 0 Å². The zero-order chi connectivity index (χ0) is 21.9. The molecule has 2 aromatic carbocycles. The summed E-state index contributed by atoms with van der Waals surface area (Å²) in [7, 11) is 6.46. The highest BCUT2D eigenvalue weighted by atomic mass is 16.5. The van der Waals surface area contributed by atoms with Crippen LogP contribution in [-0.4, -0.2) is 43.9 Å². The third-order valence-corrected chi connectivity index (χ3v) is 4.68. The minimum absolute atomic E-state index is 0.0561. The Kier molecular flexibility index (Phi) is 6.31. The van der Waals surface area contributed by atoms with Crippen LogP contribution in [0.2, 0.25) is 0 Å². The molecule has 0 unspecified atom stereocenters. The zero-order valence-electron chi connectivity index (χ0n) is 18.6. The van der Waals surface area contributed by atoms with E-state index in [0.29, 0.717) is 35.4 Å². The molecule has 0 aliphatic carbocycles. The van der Waals surface area contributed by atoms with Gasteiger partial charge in [0.05, 0.1) is 46.2 Å². The first-order valence-corrected chi connectivity index (χ1v) is 9.69. The van der Waals surface area contributed by atoms with Gasteiger partial charge in [-0.3, -0.25) is 0 Å². The Morgan fingerprint density at radius 1 is 0.767 bits per heavy atom. The number of hydrogen-bond donors (Lipinski definition) is 1. The molecule has 0 aliphatic rings. The van der Waals surface area contributed by atoms with Crippen molar-refractivity contribution in [3.05, 3.63) is 36.2 Å². The molecule has 7 nitrogen and oxygen atoms in total. The van der Waals surface area contributed by atoms with E-state index in [4.69, 9.17) is 28.9 Å². The highest BCUT2D eigenvalue weighted by Gasteiger charge is 2.17. The van der Waals surface area contributed by atoms with Gasteiger partial charge in [0.25, 0.3) is 0 Å². The number of hydrogen-bond acceptors (Lipinski definition) is 7. The lowest BCUT2D eigenvalue weighted by molar-refractivity contribution is 0.355. The van der Waals surface area contributed by atoms with Gasteiger partial charge < -0.3 is 24.3 Å². The van der Waals surface area contributed by atoms with Crippen LogP contribution in [-0.2, 0) is 6.54 Å². The topological polar surface area (TPSA) is 74.7 Å². The van der Waals surface area contributed by atoms with E-state index in [1.165, 1.54) is 0 Å². The van der Waals surface area contributed by atoms with Gasteiger partial charge in [0, 0.05) is 22.6 Å². The van der Waals surface area contributed by atoms with Crippen LogP contribution >= 0.6 is 0 Å². The minimum atomic E-state index is -0.0561. The average molecular weight is 412 g/mol. The summed E-state index contributed by atoms with van der Waals surface area (Å²) in [5.41, 5.74) is 2.40. The number of nitrogens with one attached hydrogen (secondary N) is 1. The molecule has 0 atom stereocenters. The molecule has 0 fully saturated rings. The summed E-state index contributed by atoms with van der Waals surface area (Å²) >= 11 is 0. The second-order valence-electron chi connectivity index (χ2n) is 7.89. The molecule has 0 saturated heterocycles. The first-order valence-electron chi connectivity index (χ1n) is 9.69. The van der Waals surface area contributed by atoms with Crippen LogP contribution in [0.1, 0.15) is 26.6 Å². The molecule has 0 aliphatic heterocycles. The summed E-state index contributed by atoms with van der Waals surface area (Å²) in [4.78, 5) is 9.63. The first kappa shape index (κ1) is 21.6. The monoisotopic (exact) mass is 411 g/mol. The molecule has 160 valence electrons. The largest absolute Gasteiger partial charge is 0.493 e. The molecule has 3 rings (SSSR count). The van der Waals surface area contributed by atoms with E-state index in [1.54, 1.807) is 28.4 Å². The van der Waals surface area contributed by atoms with Gasteiger partial charge in [0.15, 0.2) is 23.0 Å². The molecule has 7 heteroatoms. The van der Waals surface area contributed by atoms with Crippen molar-refractivity contribution in [2.24, 2.45) is 0 Å². The summed E-state index contributed by atoms with van der Waals surface area (Å²) in [6.45, 7) is 6.86. The van der Waals surface area contributed by atoms with Gasteiger partial charge in [-0.2, -0.15) is 0 Å². The van der Waals surface area contributed by atoms with E-state index in [1.807, 2.05) is 30.3 Å². The normalized spacial score (nSPS) is 11.4. The van der Waals surface area contributed by atoms with Crippen molar-refractivity contribution in [1.82, 2.24) is 15.3 Å². The van der Waals surface area contributed by atoms with Gasteiger partial charge in [-0.05, 0) is 45.0 Å². The van der Waals surface area contributed by atoms with Crippen molar-refractivity contribution in [2.75, 3.05) is 28.4 Å². The molecule has 3 aromatic rings. The van der Waals surface area contributed by atoms with E-state index < -0.39 is 0 Å². The quantitative estimate of drug-likeness (QED) is 0.624. The molecular weight excluding hydrogens is 382 g/mol. The minimum Gasteiger partial charge on any atom is -0.493 e. The van der Waals surface area contributed by atoms with Gasteiger partial charge in [0.2, 0.25) is 0 Å². The highest BCUT2D eigenvalue weighted by Crippen LogP contribution is 2.38. The Balaban J connectivity index is 2.23. The number of methoxy groups -OCH3 is 4. The Labute approximate surface area is 177 Å². The molecule has 1 heterocycles. The second-order valence-corrected chi connectivity index (χ2v) is 7.89. The Bertz CT molecular complexity index is 1040. The lowest BCUT2D eigenvalue weighted by atomic mass is 10.0. The SMILES string of the molecule is COc1ccc(-c2nc(CNC(C)(C)C)nc3cc(OC)c(OC)cc23)cc1OC. The molecule has 1 N–H and O–H groups in total. The van der Waals surface area contributed by atoms with Gasteiger partial charge in [0.1, 0.15) is 5.82 Å². The molecule has 0 radical (unpaired) electrons. The lowest BCUT2D eigenvalue weighted by Crippen LogP contribution is -2.35.